The zero-order chi connectivity index (χ0) is 16.7. The van der Waals surface area contributed by atoms with E-state index in [-0.39, 0.29) is 19.4 Å². The normalized spacial score (nSPS) is 21.1. The number of rotatable bonds is 3. The number of aromatic hydroxyl groups is 1. The summed E-state index contributed by atoms with van der Waals surface area (Å²) >= 11 is 0. The van der Waals surface area contributed by atoms with Gasteiger partial charge in [-0.3, -0.25) is 4.68 Å². The Morgan fingerprint density at radius 1 is 1.50 bits per heavy atom. The molecule has 1 aromatic heterocycles. The van der Waals surface area contributed by atoms with Gasteiger partial charge in [-0.15, -0.1) is 5.10 Å². The molecule has 0 saturated heterocycles. The third kappa shape index (κ3) is 3.14. The quantitative estimate of drug-likeness (QED) is 0.684. The second-order valence-electron chi connectivity index (χ2n) is 5.18. The van der Waals surface area contributed by atoms with Crippen LogP contribution in [0, 0.1) is 5.92 Å². The number of carbonyl (C=O) groups is 1. The number of carbonyl (C=O) groups excluding carboxylic acids is 1. The first-order valence-corrected chi connectivity index (χ1v) is 6.38. The lowest BCUT2D eigenvalue weighted by atomic mass is 10.1. The minimum Gasteiger partial charge on any atom is -0.492 e. The zero-order valence-electron chi connectivity index (χ0n) is 11.5. The van der Waals surface area contributed by atoms with E-state index >= 15 is 0 Å². The van der Waals surface area contributed by atoms with E-state index in [4.69, 9.17) is 0 Å². The molecule has 0 radical (unpaired) electrons. The predicted molar refractivity (Wildman–Crippen MR) is 62.5 cm³/mol. The maximum absolute atomic E-state index is 13.1. The highest BCUT2D eigenvalue weighted by molar-refractivity contribution is 5.90. The molecule has 1 aliphatic carbocycles. The van der Waals surface area contributed by atoms with Crippen molar-refractivity contribution in [1.29, 1.82) is 0 Å². The predicted octanol–water partition coefficient (Wildman–Crippen LogP) is 2.83. The Kier molecular flexibility index (Phi) is 4.05. The number of hydrogen-bond donors (Lipinski definition) is 1. The molecule has 0 unspecified atom stereocenters. The molecule has 2 rings (SSSR count). The SMILES string of the molecule is COC(=O)c1c(C(F)(F)F)c(O)nn1C[C@@H]1CCC(F)(F)C1. The van der Waals surface area contributed by atoms with Crippen molar-refractivity contribution < 1.29 is 36.6 Å². The molecule has 22 heavy (non-hydrogen) atoms. The summed E-state index contributed by atoms with van der Waals surface area (Å²) in [4.78, 5) is 11.6. The van der Waals surface area contributed by atoms with Gasteiger partial charge in [0.15, 0.2) is 11.3 Å². The van der Waals surface area contributed by atoms with E-state index in [2.05, 4.69) is 9.84 Å². The second kappa shape index (κ2) is 5.40. The number of alkyl halides is 5. The lowest BCUT2D eigenvalue weighted by molar-refractivity contribution is -0.139. The van der Waals surface area contributed by atoms with Gasteiger partial charge in [-0.05, 0) is 12.3 Å². The Labute approximate surface area is 121 Å². The van der Waals surface area contributed by atoms with Gasteiger partial charge in [-0.1, -0.05) is 0 Å². The van der Waals surface area contributed by atoms with Crippen LogP contribution in [0.5, 0.6) is 5.88 Å². The topological polar surface area (TPSA) is 64.3 Å². The fraction of sp³-hybridized carbons (Fsp3) is 0.667. The molecular weight excluding hydrogens is 315 g/mol. The third-order valence-electron chi connectivity index (χ3n) is 3.53. The monoisotopic (exact) mass is 328 g/mol. The molecule has 0 amide bonds. The van der Waals surface area contributed by atoms with E-state index in [1.807, 2.05) is 0 Å². The van der Waals surface area contributed by atoms with Crippen LogP contribution in [0.2, 0.25) is 0 Å². The van der Waals surface area contributed by atoms with Crippen molar-refractivity contribution in [2.24, 2.45) is 5.92 Å². The Hall–Kier alpha value is -1.87. The summed E-state index contributed by atoms with van der Waals surface area (Å²) in [6.07, 6.45) is -5.80. The fourth-order valence-corrected chi connectivity index (χ4v) is 2.59. The van der Waals surface area contributed by atoms with Crippen LogP contribution in [0.1, 0.15) is 35.3 Å². The van der Waals surface area contributed by atoms with Gasteiger partial charge >= 0.3 is 12.1 Å². The molecule has 5 nitrogen and oxygen atoms in total. The minimum atomic E-state index is -5.02. The van der Waals surface area contributed by atoms with Crippen molar-refractivity contribution in [3.8, 4) is 5.88 Å². The molecule has 0 aromatic carbocycles. The van der Waals surface area contributed by atoms with Gasteiger partial charge < -0.3 is 9.84 Å². The van der Waals surface area contributed by atoms with Crippen LogP contribution in [-0.4, -0.2) is 33.9 Å². The van der Waals surface area contributed by atoms with Gasteiger partial charge in [-0.2, -0.15) is 13.2 Å². The highest BCUT2D eigenvalue weighted by atomic mass is 19.4. The molecule has 1 aromatic rings. The van der Waals surface area contributed by atoms with E-state index in [0.29, 0.717) is 4.68 Å². The Bertz CT molecular complexity index is 582. The minimum absolute atomic E-state index is 0.0928. The van der Waals surface area contributed by atoms with E-state index in [0.717, 1.165) is 7.11 Å². The summed E-state index contributed by atoms with van der Waals surface area (Å²) in [5, 5.41) is 12.6. The molecule has 1 atom stereocenters. The molecule has 10 heteroatoms. The summed E-state index contributed by atoms with van der Waals surface area (Å²) < 4.78 is 69.9. The number of methoxy groups -OCH3 is 1. The van der Waals surface area contributed by atoms with Crippen molar-refractivity contribution in [3.05, 3.63) is 11.3 Å². The van der Waals surface area contributed by atoms with Gasteiger partial charge in [0.2, 0.25) is 11.8 Å². The van der Waals surface area contributed by atoms with E-state index in [1.165, 1.54) is 0 Å². The van der Waals surface area contributed by atoms with Crippen molar-refractivity contribution in [3.63, 3.8) is 0 Å². The molecule has 1 N–H and O–H groups in total. The molecule has 1 saturated carbocycles. The van der Waals surface area contributed by atoms with Crippen LogP contribution in [0.15, 0.2) is 0 Å². The number of esters is 1. The number of ether oxygens (including phenoxy) is 1. The van der Waals surface area contributed by atoms with Gasteiger partial charge in [-0.25, -0.2) is 13.6 Å². The second-order valence-corrected chi connectivity index (χ2v) is 5.18. The van der Waals surface area contributed by atoms with Crippen molar-refractivity contribution in [1.82, 2.24) is 9.78 Å². The molecular formula is C12H13F5N2O3. The third-order valence-corrected chi connectivity index (χ3v) is 3.53. The molecule has 0 spiro atoms. The smallest absolute Gasteiger partial charge is 0.424 e. The van der Waals surface area contributed by atoms with E-state index in [1.54, 1.807) is 0 Å². The Morgan fingerprint density at radius 3 is 2.59 bits per heavy atom. The first kappa shape index (κ1) is 16.5. The largest absolute Gasteiger partial charge is 0.492 e. The number of aromatic nitrogens is 2. The summed E-state index contributed by atoms with van der Waals surface area (Å²) in [5.41, 5.74) is -2.60. The lowest BCUT2D eigenvalue weighted by Gasteiger charge is -2.13. The number of halogens is 5. The highest BCUT2D eigenvalue weighted by Crippen LogP contribution is 2.42. The lowest BCUT2D eigenvalue weighted by Crippen LogP contribution is -2.20. The summed E-state index contributed by atoms with van der Waals surface area (Å²) in [6.45, 7) is -0.330. The molecule has 0 aliphatic heterocycles. The van der Waals surface area contributed by atoms with Crippen molar-refractivity contribution in [2.45, 2.75) is 37.9 Å². The van der Waals surface area contributed by atoms with Gasteiger partial charge in [0.05, 0.1) is 7.11 Å². The first-order valence-electron chi connectivity index (χ1n) is 6.38. The Balaban J connectivity index is 2.38. The van der Waals surface area contributed by atoms with Gasteiger partial charge in [0.1, 0.15) is 0 Å². The van der Waals surface area contributed by atoms with Crippen LogP contribution >= 0.6 is 0 Å². The summed E-state index contributed by atoms with van der Waals surface area (Å²) in [7, 11) is 0.876. The van der Waals surface area contributed by atoms with Crippen LogP contribution in [0.3, 0.4) is 0 Å². The molecule has 1 heterocycles. The maximum atomic E-state index is 13.1. The average molecular weight is 328 g/mol. The van der Waals surface area contributed by atoms with Crippen LogP contribution < -0.4 is 0 Å². The van der Waals surface area contributed by atoms with Crippen LogP contribution in [0.4, 0.5) is 22.0 Å². The zero-order valence-corrected chi connectivity index (χ0v) is 11.5. The van der Waals surface area contributed by atoms with Crippen LogP contribution in [-0.2, 0) is 17.5 Å². The van der Waals surface area contributed by atoms with E-state index < -0.39 is 47.5 Å². The Morgan fingerprint density at radius 2 is 2.14 bits per heavy atom. The molecule has 124 valence electrons. The summed E-state index contributed by atoms with van der Waals surface area (Å²) in [5.74, 6) is -6.24. The maximum Gasteiger partial charge on any atom is 0.424 e. The van der Waals surface area contributed by atoms with Crippen LogP contribution in [0.25, 0.3) is 0 Å². The van der Waals surface area contributed by atoms with Gasteiger partial charge in [0, 0.05) is 19.4 Å². The van der Waals surface area contributed by atoms with Crippen molar-refractivity contribution in [2.75, 3.05) is 7.11 Å². The average Bonchev–Trinajstić information content (AvgIpc) is 2.88. The molecule has 1 fully saturated rings. The van der Waals surface area contributed by atoms with Gasteiger partial charge in [0.25, 0.3) is 0 Å². The van der Waals surface area contributed by atoms with E-state index in [9.17, 15) is 31.9 Å². The summed E-state index contributed by atoms with van der Waals surface area (Å²) in [6, 6.07) is 0. The fourth-order valence-electron chi connectivity index (χ4n) is 2.59. The highest BCUT2D eigenvalue weighted by Gasteiger charge is 2.45. The molecule has 1 aliphatic rings. The number of hydrogen-bond acceptors (Lipinski definition) is 4. The molecule has 0 bridgehead atoms. The van der Waals surface area contributed by atoms with Crippen molar-refractivity contribution >= 4 is 5.97 Å². The first-order chi connectivity index (χ1) is 10.0. The standard InChI is InChI=1S/C12H13F5N2O3/c1-22-10(21)8-7(12(15,16)17)9(20)18-19(8)5-6-2-3-11(13,14)4-6/h6H,2-5H2,1H3,(H,18,20)/t6-/m1/s1. The number of nitrogens with zero attached hydrogens (tertiary/aromatic N) is 2.